The summed E-state index contributed by atoms with van der Waals surface area (Å²) in [6.07, 6.45) is 12.3. The molecule has 2 rings (SSSR count). The average Bonchev–Trinajstić information content (AvgIpc) is 2.40. The Balaban J connectivity index is 2.11. The van der Waals surface area contributed by atoms with Crippen LogP contribution in [-0.2, 0) is 0 Å². The molecule has 0 aliphatic heterocycles. The molecule has 0 heterocycles. The molecule has 2 fully saturated rings. The predicted octanol–water partition coefficient (Wildman–Crippen LogP) is 2.77. The fraction of sp³-hybridized carbons (Fsp3) is 1.00. The van der Waals surface area contributed by atoms with E-state index in [-0.39, 0.29) is 0 Å². The summed E-state index contributed by atoms with van der Waals surface area (Å²) in [5.74, 6) is 0.806. The van der Waals surface area contributed by atoms with Gasteiger partial charge in [0.2, 0.25) is 0 Å². The number of hydrogen-bond donors (Lipinski definition) is 1. The highest BCUT2D eigenvalue weighted by atomic mass is 15.2. The molecule has 0 saturated heterocycles. The van der Waals surface area contributed by atoms with E-state index in [9.17, 15) is 0 Å². The van der Waals surface area contributed by atoms with Gasteiger partial charge < -0.3 is 10.6 Å². The fourth-order valence-corrected chi connectivity index (χ4v) is 3.66. The summed E-state index contributed by atoms with van der Waals surface area (Å²) in [5.41, 5.74) is 6.92. The molecule has 0 aromatic heterocycles. The van der Waals surface area contributed by atoms with E-state index >= 15 is 0 Å². The standard InChI is InChI=1S/C14H28N2/c1-16(2)14(10-5-3-4-6-11-14)13(15)12-8-7-9-12/h12-13H,3-11,15H2,1-2H3. The maximum atomic E-state index is 6.62. The summed E-state index contributed by atoms with van der Waals surface area (Å²) in [4.78, 5) is 2.45. The summed E-state index contributed by atoms with van der Waals surface area (Å²) < 4.78 is 0. The molecular formula is C14H28N2. The predicted molar refractivity (Wildman–Crippen MR) is 69.4 cm³/mol. The third-order valence-corrected chi connectivity index (χ3v) is 5.14. The van der Waals surface area contributed by atoms with Crippen LogP contribution in [0.4, 0.5) is 0 Å². The van der Waals surface area contributed by atoms with Crippen LogP contribution in [0.5, 0.6) is 0 Å². The second kappa shape index (κ2) is 5.05. The molecule has 0 radical (unpaired) electrons. The molecule has 2 nitrogen and oxygen atoms in total. The Kier molecular flexibility index (Phi) is 3.91. The summed E-state index contributed by atoms with van der Waals surface area (Å²) in [6.45, 7) is 0. The van der Waals surface area contributed by atoms with Crippen LogP contribution < -0.4 is 5.73 Å². The van der Waals surface area contributed by atoms with E-state index in [0.717, 1.165) is 5.92 Å². The van der Waals surface area contributed by atoms with Crippen LogP contribution in [0.3, 0.4) is 0 Å². The van der Waals surface area contributed by atoms with Crippen molar-refractivity contribution in [1.29, 1.82) is 0 Å². The van der Waals surface area contributed by atoms with E-state index in [1.807, 2.05) is 0 Å². The molecule has 0 aromatic rings. The monoisotopic (exact) mass is 224 g/mol. The quantitative estimate of drug-likeness (QED) is 0.747. The molecule has 2 saturated carbocycles. The zero-order valence-corrected chi connectivity index (χ0v) is 11.0. The zero-order chi connectivity index (χ0) is 11.6. The second-order valence-electron chi connectivity index (χ2n) is 6.13. The second-order valence-corrected chi connectivity index (χ2v) is 6.13. The van der Waals surface area contributed by atoms with Crippen LogP contribution in [-0.4, -0.2) is 30.6 Å². The lowest BCUT2D eigenvalue weighted by Gasteiger charge is -2.49. The Hall–Kier alpha value is -0.0800. The average molecular weight is 224 g/mol. The van der Waals surface area contributed by atoms with Crippen molar-refractivity contribution in [2.24, 2.45) is 11.7 Å². The van der Waals surface area contributed by atoms with Crippen molar-refractivity contribution in [2.75, 3.05) is 14.1 Å². The van der Waals surface area contributed by atoms with Crippen LogP contribution in [0, 0.1) is 5.92 Å². The molecule has 2 aliphatic carbocycles. The number of hydrogen-bond acceptors (Lipinski definition) is 2. The van der Waals surface area contributed by atoms with E-state index in [0.29, 0.717) is 11.6 Å². The maximum Gasteiger partial charge on any atom is 0.0357 e. The van der Waals surface area contributed by atoms with Gasteiger partial charge >= 0.3 is 0 Å². The molecule has 2 heteroatoms. The SMILES string of the molecule is CN(C)C1(C(N)C2CCC2)CCCCCC1. The van der Waals surface area contributed by atoms with Gasteiger partial charge in [0, 0.05) is 11.6 Å². The van der Waals surface area contributed by atoms with Crippen LogP contribution in [0.2, 0.25) is 0 Å². The Morgan fingerprint density at radius 1 is 1.00 bits per heavy atom. The normalized spacial score (nSPS) is 28.5. The summed E-state index contributed by atoms with van der Waals surface area (Å²) in [5, 5.41) is 0. The van der Waals surface area contributed by atoms with E-state index in [4.69, 9.17) is 5.73 Å². The first kappa shape index (κ1) is 12.4. The van der Waals surface area contributed by atoms with E-state index in [1.54, 1.807) is 0 Å². The summed E-state index contributed by atoms with van der Waals surface area (Å²) >= 11 is 0. The minimum Gasteiger partial charge on any atom is -0.326 e. The van der Waals surface area contributed by atoms with Gasteiger partial charge in [-0.3, -0.25) is 0 Å². The van der Waals surface area contributed by atoms with Crippen molar-refractivity contribution in [1.82, 2.24) is 4.90 Å². The molecule has 1 unspecified atom stereocenters. The van der Waals surface area contributed by atoms with Gasteiger partial charge in [0.1, 0.15) is 0 Å². The number of nitrogens with two attached hydrogens (primary N) is 1. The first-order chi connectivity index (χ1) is 7.67. The fourth-order valence-electron chi connectivity index (χ4n) is 3.66. The number of rotatable bonds is 3. The highest BCUT2D eigenvalue weighted by molar-refractivity contribution is 5.02. The summed E-state index contributed by atoms with van der Waals surface area (Å²) in [7, 11) is 4.48. The number of nitrogens with zero attached hydrogens (tertiary/aromatic N) is 1. The lowest BCUT2D eigenvalue weighted by molar-refractivity contribution is 0.0496. The maximum absolute atomic E-state index is 6.62. The van der Waals surface area contributed by atoms with Crippen molar-refractivity contribution < 1.29 is 0 Å². The molecule has 1 atom stereocenters. The minimum absolute atomic E-state index is 0.307. The van der Waals surface area contributed by atoms with Gasteiger partial charge in [0.25, 0.3) is 0 Å². The minimum atomic E-state index is 0.307. The molecule has 0 bridgehead atoms. The Morgan fingerprint density at radius 3 is 1.94 bits per heavy atom. The van der Waals surface area contributed by atoms with E-state index in [2.05, 4.69) is 19.0 Å². The van der Waals surface area contributed by atoms with Gasteiger partial charge in [0.05, 0.1) is 0 Å². The molecule has 0 spiro atoms. The lowest BCUT2D eigenvalue weighted by atomic mass is 9.69. The van der Waals surface area contributed by atoms with Gasteiger partial charge in [-0.25, -0.2) is 0 Å². The van der Waals surface area contributed by atoms with Gasteiger partial charge in [-0.2, -0.15) is 0 Å². The summed E-state index contributed by atoms with van der Waals surface area (Å²) in [6, 6.07) is 0.411. The lowest BCUT2D eigenvalue weighted by Crippen LogP contribution is -2.61. The zero-order valence-electron chi connectivity index (χ0n) is 11.0. The first-order valence-corrected chi connectivity index (χ1v) is 7.10. The Bertz CT molecular complexity index is 213. The van der Waals surface area contributed by atoms with Gasteiger partial charge in [-0.1, -0.05) is 32.1 Å². The van der Waals surface area contributed by atoms with E-state index in [1.165, 1.54) is 57.8 Å². The van der Waals surface area contributed by atoms with Crippen molar-refractivity contribution >= 4 is 0 Å². The molecule has 94 valence electrons. The van der Waals surface area contributed by atoms with Crippen molar-refractivity contribution in [3.8, 4) is 0 Å². The molecule has 16 heavy (non-hydrogen) atoms. The third kappa shape index (κ3) is 2.14. The third-order valence-electron chi connectivity index (χ3n) is 5.14. The van der Waals surface area contributed by atoms with Gasteiger partial charge in [0.15, 0.2) is 0 Å². The Morgan fingerprint density at radius 2 is 1.56 bits per heavy atom. The van der Waals surface area contributed by atoms with Crippen LogP contribution >= 0.6 is 0 Å². The molecular weight excluding hydrogens is 196 g/mol. The van der Waals surface area contributed by atoms with Gasteiger partial charge in [-0.05, 0) is 45.7 Å². The van der Waals surface area contributed by atoms with Crippen molar-refractivity contribution in [3.05, 3.63) is 0 Å². The van der Waals surface area contributed by atoms with Gasteiger partial charge in [-0.15, -0.1) is 0 Å². The topological polar surface area (TPSA) is 29.3 Å². The van der Waals surface area contributed by atoms with Crippen LogP contribution in [0.15, 0.2) is 0 Å². The van der Waals surface area contributed by atoms with Crippen molar-refractivity contribution in [2.45, 2.75) is 69.4 Å². The highest BCUT2D eigenvalue weighted by Crippen LogP contribution is 2.41. The molecule has 2 aliphatic rings. The molecule has 0 amide bonds. The molecule has 2 N–H and O–H groups in total. The highest BCUT2D eigenvalue weighted by Gasteiger charge is 2.43. The molecule has 0 aromatic carbocycles. The largest absolute Gasteiger partial charge is 0.326 e. The van der Waals surface area contributed by atoms with E-state index < -0.39 is 0 Å². The van der Waals surface area contributed by atoms with Crippen LogP contribution in [0.1, 0.15) is 57.8 Å². The Labute approximate surface area is 101 Å². The van der Waals surface area contributed by atoms with Crippen LogP contribution in [0.25, 0.3) is 0 Å². The number of likely N-dealkylation sites (N-methyl/N-ethyl adjacent to an activating group) is 1. The smallest absolute Gasteiger partial charge is 0.0357 e. The first-order valence-electron chi connectivity index (χ1n) is 7.10. The van der Waals surface area contributed by atoms with Crippen molar-refractivity contribution in [3.63, 3.8) is 0 Å².